The summed E-state index contributed by atoms with van der Waals surface area (Å²) in [5.74, 6) is 0.998. The zero-order chi connectivity index (χ0) is 12.4. The predicted octanol–water partition coefficient (Wildman–Crippen LogP) is 2.27. The predicted molar refractivity (Wildman–Crippen MR) is 67.4 cm³/mol. The lowest BCUT2D eigenvalue weighted by atomic mass is 9.89. The van der Waals surface area contributed by atoms with E-state index in [1.165, 1.54) is 0 Å². The lowest BCUT2D eigenvalue weighted by Crippen LogP contribution is -2.48. The molecule has 3 rings (SSSR count). The first-order chi connectivity index (χ1) is 8.77. The van der Waals surface area contributed by atoms with Gasteiger partial charge >= 0.3 is 0 Å². The average molecular weight is 251 g/mol. The minimum Gasteiger partial charge on any atom is -0.468 e. The summed E-state index contributed by atoms with van der Waals surface area (Å²) in [7, 11) is 0. The zero-order valence-electron chi connectivity index (χ0n) is 10.9. The lowest BCUT2D eigenvalue weighted by Gasteiger charge is -2.38. The number of nitrogens with one attached hydrogen (secondary N) is 1. The van der Waals surface area contributed by atoms with Gasteiger partial charge in [0.1, 0.15) is 5.76 Å². The van der Waals surface area contributed by atoms with Crippen molar-refractivity contribution in [2.45, 2.75) is 43.9 Å². The molecule has 2 fully saturated rings. The maximum absolute atomic E-state index is 5.94. The van der Waals surface area contributed by atoms with Crippen molar-refractivity contribution in [1.29, 1.82) is 0 Å². The van der Waals surface area contributed by atoms with Crippen LogP contribution in [0.2, 0.25) is 0 Å². The zero-order valence-corrected chi connectivity index (χ0v) is 10.9. The first-order valence-electron chi connectivity index (χ1n) is 6.79. The molecule has 2 unspecified atom stereocenters. The minimum absolute atomic E-state index is 0.0290. The SMILES string of the molecule is C[C@H](NC1CCOC2(CCOC2)C1)c1ccco1. The maximum atomic E-state index is 5.94. The summed E-state index contributed by atoms with van der Waals surface area (Å²) in [6.07, 6.45) is 4.86. The molecule has 1 aromatic rings. The summed E-state index contributed by atoms with van der Waals surface area (Å²) in [6.45, 7) is 4.55. The molecule has 2 aliphatic rings. The van der Waals surface area contributed by atoms with Gasteiger partial charge < -0.3 is 19.2 Å². The summed E-state index contributed by atoms with van der Waals surface area (Å²) in [6, 6.07) is 4.69. The van der Waals surface area contributed by atoms with E-state index in [1.807, 2.05) is 12.1 Å². The molecular weight excluding hydrogens is 230 g/mol. The van der Waals surface area contributed by atoms with Crippen molar-refractivity contribution in [2.75, 3.05) is 19.8 Å². The fraction of sp³-hybridized carbons (Fsp3) is 0.714. The molecule has 4 heteroatoms. The molecule has 18 heavy (non-hydrogen) atoms. The van der Waals surface area contributed by atoms with Crippen LogP contribution in [0.4, 0.5) is 0 Å². The van der Waals surface area contributed by atoms with E-state index < -0.39 is 0 Å². The Morgan fingerprint density at radius 2 is 2.39 bits per heavy atom. The van der Waals surface area contributed by atoms with Crippen LogP contribution in [0.3, 0.4) is 0 Å². The molecule has 0 bridgehead atoms. The average Bonchev–Trinajstić information content (AvgIpc) is 3.01. The van der Waals surface area contributed by atoms with Crippen molar-refractivity contribution >= 4 is 0 Å². The Kier molecular flexibility index (Phi) is 3.41. The van der Waals surface area contributed by atoms with Crippen molar-refractivity contribution in [3.63, 3.8) is 0 Å². The molecule has 0 aromatic carbocycles. The van der Waals surface area contributed by atoms with Crippen molar-refractivity contribution < 1.29 is 13.9 Å². The Labute approximate surface area is 108 Å². The van der Waals surface area contributed by atoms with Gasteiger partial charge in [0.25, 0.3) is 0 Å². The third-order valence-corrected chi connectivity index (χ3v) is 4.02. The molecule has 0 amide bonds. The Bertz CT molecular complexity index is 370. The van der Waals surface area contributed by atoms with Gasteiger partial charge in [0.2, 0.25) is 0 Å². The third kappa shape index (κ3) is 2.46. The van der Waals surface area contributed by atoms with E-state index in [-0.39, 0.29) is 11.6 Å². The maximum Gasteiger partial charge on any atom is 0.120 e. The molecular formula is C14H21NO3. The van der Waals surface area contributed by atoms with E-state index in [4.69, 9.17) is 13.9 Å². The minimum atomic E-state index is -0.0290. The van der Waals surface area contributed by atoms with Crippen LogP contribution in [0.15, 0.2) is 22.8 Å². The Morgan fingerprint density at radius 1 is 1.44 bits per heavy atom. The van der Waals surface area contributed by atoms with Gasteiger partial charge in [0, 0.05) is 25.7 Å². The van der Waals surface area contributed by atoms with Crippen LogP contribution in [-0.2, 0) is 9.47 Å². The van der Waals surface area contributed by atoms with Crippen LogP contribution in [0.1, 0.15) is 38.0 Å². The largest absolute Gasteiger partial charge is 0.468 e. The van der Waals surface area contributed by atoms with Gasteiger partial charge in [-0.05, 0) is 31.9 Å². The number of hydrogen-bond donors (Lipinski definition) is 1. The molecule has 0 saturated carbocycles. The fourth-order valence-electron chi connectivity index (χ4n) is 3.01. The fourth-order valence-corrected chi connectivity index (χ4v) is 3.01. The standard InChI is InChI=1S/C14H21NO3/c1-11(13-3-2-6-17-13)15-12-4-7-18-14(9-12)5-8-16-10-14/h2-3,6,11-12,15H,4-5,7-10H2,1H3/t11-,12?,14?/m0/s1. The highest BCUT2D eigenvalue weighted by atomic mass is 16.6. The summed E-state index contributed by atoms with van der Waals surface area (Å²) >= 11 is 0. The van der Waals surface area contributed by atoms with Crippen molar-refractivity contribution in [1.82, 2.24) is 5.32 Å². The Balaban J connectivity index is 1.59. The van der Waals surface area contributed by atoms with Gasteiger partial charge in [-0.2, -0.15) is 0 Å². The number of hydrogen-bond acceptors (Lipinski definition) is 4. The molecule has 4 nitrogen and oxygen atoms in total. The second kappa shape index (κ2) is 5.03. The Morgan fingerprint density at radius 3 is 3.11 bits per heavy atom. The van der Waals surface area contributed by atoms with Crippen LogP contribution >= 0.6 is 0 Å². The van der Waals surface area contributed by atoms with E-state index in [9.17, 15) is 0 Å². The van der Waals surface area contributed by atoms with Crippen LogP contribution < -0.4 is 5.32 Å². The normalized spacial score (nSPS) is 33.9. The number of ether oxygens (including phenoxy) is 2. The van der Waals surface area contributed by atoms with E-state index in [0.717, 1.165) is 44.8 Å². The summed E-state index contributed by atoms with van der Waals surface area (Å²) in [4.78, 5) is 0. The highest BCUT2D eigenvalue weighted by molar-refractivity contribution is 5.04. The molecule has 100 valence electrons. The van der Waals surface area contributed by atoms with E-state index >= 15 is 0 Å². The number of furan rings is 1. The van der Waals surface area contributed by atoms with Crippen LogP contribution in [0, 0.1) is 0 Å². The van der Waals surface area contributed by atoms with Crippen molar-refractivity contribution in [3.8, 4) is 0 Å². The van der Waals surface area contributed by atoms with Gasteiger partial charge in [-0.3, -0.25) is 0 Å². The van der Waals surface area contributed by atoms with E-state index in [0.29, 0.717) is 6.04 Å². The van der Waals surface area contributed by atoms with Crippen molar-refractivity contribution in [2.24, 2.45) is 0 Å². The second-order valence-corrected chi connectivity index (χ2v) is 5.43. The van der Waals surface area contributed by atoms with Crippen molar-refractivity contribution in [3.05, 3.63) is 24.2 Å². The Hall–Kier alpha value is -0.840. The summed E-state index contributed by atoms with van der Waals surface area (Å²) in [5.41, 5.74) is -0.0290. The molecule has 2 aliphatic heterocycles. The third-order valence-electron chi connectivity index (χ3n) is 4.02. The van der Waals surface area contributed by atoms with Gasteiger partial charge in [-0.15, -0.1) is 0 Å². The van der Waals surface area contributed by atoms with Gasteiger partial charge in [0.15, 0.2) is 0 Å². The second-order valence-electron chi connectivity index (χ2n) is 5.43. The molecule has 1 spiro atoms. The smallest absolute Gasteiger partial charge is 0.120 e. The highest BCUT2D eigenvalue weighted by Crippen LogP contribution is 2.33. The number of rotatable bonds is 3. The van der Waals surface area contributed by atoms with Gasteiger partial charge in [0.05, 0.1) is 24.5 Å². The van der Waals surface area contributed by atoms with E-state index in [2.05, 4.69) is 12.2 Å². The lowest BCUT2D eigenvalue weighted by molar-refractivity contribution is -0.0904. The summed E-state index contributed by atoms with van der Waals surface area (Å²) in [5, 5.41) is 3.64. The van der Waals surface area contributed by atoms with Gasteiger partial charge in [-0.1, -0.05) is 0 Å². The highest BCUT2D eigenvalue weighted by Gasteiger charge is 2.41. The monoisotopic (exact) mass is 251 g/mol. The topological polar surface area (TPSA) is 43.6 Å². The molecule has 0 radical (unpaired) electrons. The molecule has 0 aliphatic carbocycles. The van der Waals surface area contributed by atoms with Crippen LogP contribution in [-0.4, -0.2) is 31.5 Å². The quantitative estimate of drug-likeness (QED) is 0.895. The summed E-state index contributed by atoms with van der Waals surface area (Å²) < 4.78 is 16.9. The van der Waals surface area contributed by atoms with Crippen LogP contribution in [0.5, 0.6) is 0 Å². The van der Waals surface area contributed by atoms with E-state index in [1.54, 1.807) is 6.26 Å². The molecule has 1 N–H and O–H groups in total. The molecule has 1 aromatic heterocycles. The van der Waals surface area contributed by atoms with Crippen LogP contribution in [0.25, 0.3) is 0 Å². The first kappa shape index (κ1) is 12.2. The molecule has 3 heterocycles. The van der Waals surface area contributed by atoms with Gasteiger partial charge in [-0.25, -0.2) is 0 Å². The molecule has 3 atom stereocenters. The first-order valence-corrected chi connectivity index (χ1v) is 6.79. The molecule has 2 saturated heterocycles.